The number of thioether (sulfide) groups is 1. The second-order valence-corrected chi connectivity index (χ2v) is 8.84. The Hall–Kier alpha value is -2.43. The van der Waals surface area contributed by atoms with Gasteiger partial charge in [0, 0.05) is 42.2 Å². The van der Waals surface area contributed by atoms with E-state index in [1.807, 2.05) is 30.3 Å². The molecular formula is C20H23N5O3S2. The predicted octanol–water partition coefficient (Wildman–Crippen LogP) is 2.16. The first-order valence-electron chi connectivity index (χ1n) is 9.65. The van der Waals surface area contributed by atoms with E-state index in [1.165, 1.54) is 17.5 Å². The van der Waals surface area contributed by atoms with Crippen LogP contribution in [0.5, 0.6) is 0 Å². The summed E-state index contributed by atoms with van der Waals surface area (Å²) in [7, 11) is 1.97. The summed E-state index contributed by atoms with van der Waals surface area (Å²) < 4.78 is 6.78. The van der Waals surface area contributed by atoms with Crippen LogP contribution in [0.25, 0.3) is 16.2 Å². The highest BCUT2D eigenvalue weighted by Crippen LogP contribution is 2.27. The quantitative estimate of drug-likeness (QED) is 0.578. The van der Waals surface area contributed by atoms with Crippen molar-refractivity contribution < 1.29 is 9.53 Å². The number of thiazole rings is 1. The molecule has 0 aliphatic carbocycles. The molecule has 8 nitrogen and oxygen atoms in total. The van der Waals surface area contributed by atoms with E-state index >= 15 is 0 Å². The number of ether oxygens (including phenoxy) is 1. The fourth-order valence-electron chi connectivity index (χ4n) is 3.68. The van der Waals surface area contributed by atoms with E-state index in [0.29, 0.717) is 27.5 Å². The molecule has 3 aromatic heterocycles. The zero-order valence-electron chi connectivity index (χ0n) is 17.0. The summed E-state index contributed by atoms with van der Waals surface area (Å²) in [4.78, 5) is 36.7. The van der Waals surface area contributed by atoms with E-state index in [-0.39, 0.29) is 17.6 Å². The lowest BCUT2D eigenvalue weighted by Gasteiger charge is -2.18. The Morgan fingerprint density at radius 3 is 2.87 bits per heavy atom. The highest BCUT2D eigenvalue weighted by atomic mass is 32.2. The minimum atomic E-state index is -0.641. The van der Waals surface area contributed by atoms with Gasteiger partial charge in [0.25, 0.3) is 0 Å². The van der Waals surface area contributed by atoms with Crippen LogP contribution >= 0.6 is 23.1 Å². The molecule has 0 bridgehead atoms. The third kappa shape index (κ3) is 3.70. The molecule has 0 saturated carbocycles. The molecule has 0 spiro atoms. The van der Waals surface area contributed by atoms with E-state index in [4.69, 9.17) is 9.72 Å². The van der Waals surface area contributed by atoms with Crippen LogP contribution in [0, 0.1) is 0 Å². The Kier molecular flexibility index (Phi) is 6.07. The number of anilines is 1. The van der Waals surface area contributed by atoms with Crippen molar-refractivity contribution in [2.45, 2.75) is 18.2 Å². The number of rotatable bonds is 6. The Morgan fingerprint density at radius 2 is 2.23 bits per heavy atom. The number of esters is 1. The molecule has 2 atom stereocenters. The van der Waals surface area contributed by atoms with E-state index in [2.05, 4.69) is 21.5 Å². The summed E-state index contributed by atoms with van der Waals surface area (Å²) >= 11 is 3.24. The topological polar surface area (TPSA) is 89.3 Å². The molecule has 158 valence electrons. The highest BCUT2D eigenvalue weighted by molar-refractivity contribution is 7.99. The summed E-state index contributed by atoms with van der Waals surface area (Å²) in [6, 6.07) is 3.96. The number of pyridine rings is 2. The molecule has 0 unspecified atom stereocenters. The van der Waals surface area contributed by atoms with Gasteiger partial charge in [0.05, 0.1) is 12.0 Å². The van der Waals surface area contributed by atoms with Crippen molar-refractivity contribution >= 4 is 45.9 Å². The summed E-state index contributed by atoms with van der Waals surface area (Å²) in [6.07, 6.45) is 5.28. The molecule has 0 amide bonds. The smallest absolute Gasteiger partial charge is 0.343 e. The third-order valence-corrected chi connectivity index (χ3v) is 7.07. The molecule has 0 radical (unpaired) electrons. The second kappa shape index (κ2) is 8.75. The summed E-state index contributed by atoms with van der Waals surface area (Å²) in [5.74, 6) is 0.158. The van der Waals surface area contributed by atoms with Gasteiger partial charge in [-0.25, -0.2) is 14.8 Å². The van der Waals surface area contributed by atoms with Crippen molar-refractivity contribution in [2.24, 2.45) is 0 Å². The highest BCUT2D eigenvalue weighted by Gasteiger charge is 2.32. The maximum absolute atomic E-state index is 13.0. The number of carbonyl (C=O) groups excluding carboxylic acids is 1. The number of nitrogens with one attached hydrogen (secondary N) is 1. The molecule has 4 rings (SSSR count). The van der Waals surface area contributed by atoms with Crippen LogP contribution in [0.4, 0.5) is 5.82 Å². The first-order chi connectivity index (χ1) is 14.6. The first kappa shape index (κ1) is 20.8. The van der Waals surface area contributed by atoms with Crippen molar-refractivity contribution in [3.05, 3.63) is 45.7 Å². The minimum absolute atomic E-state index is 0.0204. The van der Waals surface area contributed by atoms with Crippen LogP contribution in [-0.4, -0.2) is 64.8 Å². The van der Waals surface area contributed by atoms with Crippen molar-refractivity contribution in [3.8, 4) is 5.13 Å². The Bertz CT molecular complexity index is 1100. The standard InChI is InChI=1S/C20H23N5O3S2/c1-4-28-19(27)13-9-25(20-22-7-8-30-20)18-12(17(13)26)5-6-16(23-18)24-10-14(21-2)15(11-24)29-3/h5-9,14-15,21H,4,10-11H2,1-3H3/t14-,15-/m1/s1. The fourth-order valence-corrected chi connectivity index (χ4v) is 5.18. The van der Waals surface area contributed by atoms with Crippen LogP contribution in [0.1, 0.15) is 17.3 Å². The van der Waals surface area contributed by atoms with Crippen LogP contribution < -0.4 is 15.6 Å². The lowest BCUT2D eigenvalue weighted by molar-refractivity contribution is 0.0524. The predicted molar refractivity (Wildman–Crippen MR) is 121 cm³/mol. The van der Waals surface area contributed by atoms with Gasteiger partial charge in [-0.05, 0) is 32.4 Å². The van der Waals surface area contributed by atoms with Gasteiger partial charge < -0.3 is 15.0 Å². The third-order valence-electron chi connectivity index (χ3n) is 5.22. The molecule has 0 aromatic carbocycles. The van der Waals surface area contributed by atoms with Gasteiger partial charge in [-0.3, -0.25) is 9.36 Å². The first-order valence-corrected chi connectivity index (χ1v) is 11.8. The number of carbonyl (C=O) groups is 1. The number of hydrogen-bond acceptors (Lipinski definition) is 9. The van der Waals surface area contributed by atoms with Crippen LogP contribution in [-0.2, 0) is 4.74 Å². The largest absolute Gasteiger partial charge is 0.462 e. The lowest BCUT2D eigenvalue weighted by Crippen LogP contribution is -2.34. The van der Waals surface area contributed by atoms with Crippen molar-refractivity contribution in [3.63, 3.8) is 0 Å². The molecule has 3 aromatic rings. The molecule has 4 heterocycles. The van der Waals surface area contributed by atoms with Crippen LogP contribution in [0.15, 0.2) is 34.7 Å². The summed E-state index contributed by atoms with van der Waals surface area (Å²) in [6.45, 7) is 3.61. The van der Waals surface area contributed by atoms with E-state index < -0.39 is 5.97 Å². The molecule has 1 N–H and O–H groups in total. The van der Waals surface area contributed by atoms with Crippen LogP contribution in [0.2, 0.25) is 0 Å². The molecular weight excluding hydrogens is 422 g/mol. The fraction of sp³-hybridized carbons (Fsp3) is 0.400. The summed E-state index contributed by atoms with van der Waals surface area (Å²) in [5, 5.41) is 6.67. The zero-order chi connectivity index (χ0) is 21.3. The van der Waals surface area contributed by atoms with Gasteiger partial charge in [0.2, 0.25) is 5.43 Å². The molecule has 1 aliphatic rings. The van der Waals surface area contributed by atoms with Gasteiger partial charge in [-0.1, -0.05) is 0 Å². The van der Waals surface area contributed by atoms with Crippen molar-refractivity contribution in [2.75, 3.05) is 37.9 Å². The van der Waals surface area contributed by atoms with E-state index in [1.54, 1.807) is 23.8 Å². The maximum atomic E-state index is 13.0. The number of aromatic nitrogens is 3. The number of hydrogen-bond donors (Lipinski definition) is 1. The Morgan fingerprint density at radius 1 is 1.40 bits per heavy atom. The van der Waals surface area contributed by atoms with Gasteiger partial charge in [-0.2, -0.15) is 11.8 Å². The second-order valence-electron chi connectivity index (χ2n) is 6.89. The summed E-state index contributed by atoms with van der Waals surface area (Å²) in [5.41, 5.74) is 0.0777. The number of nitrogens with zero attached hydrogens (tertiary/aromatic N) is 4. The Labute approximate surface area is 182 Å². The number of likely N-dealkylation sites (N-methyl/N-ethyl adjacent to an activating group) is 1. The normalized spacial score (nSPS) is 18.8. The molecule has 1 fully saturated rings. The molecule has 10 heteroatoms. The van der Waals surface area contributed by atoms with Crippen molar-refractivity contribution in [1.82, 2.24) is 19.9 Å². The Balaban J connectivity index is 1.85. The van der Waals surface area contributed by atoms with E-state index in [9.17, 15) is 9.59 Å². The maximum Gasteiger partial charge on any atom is 0.343 e. The van der Waals surface area contributed by atoms with Gasteiger partial charge in [-0.15, -0.1) is 11.3 Å². The minimum Gasteiger partial charge on any atom is -0.462 e. The SMILES string of the molecule is CCOC(=O)c1cn(-c2nccs2)c2nc(N3C[C@@H](NC)[C@H](SC)C3)ccc2c1=O. The molecule has 30 heavy (non-hydrogen) atoms. The zero-order valence-corrected chi connectivity index (χ0v) is 18.6. The average Bonchev–Trinajstić information content (AvgIpc) is 3.43. The molecule has 1 aliphatic heterocycles. The van der Waals surface area contributed by atoms with Crippen molar-refractivity contribution in [1.29, 1.82) is 0 Å². The number of fused-ring (bicyclic) bond motifs is 1. The monoisotopic (exact) mass is 445 g/mol. The van der Waals surface area contributed by atoms with Crippen LogP contribution in [0.3, 0.4) is 0 Å². The average molecular weight is 446 g/mol. The lowest BCUT2D eigenvalue weighted by atomic mass is 10.2. The van der Waals surface area contributed by atoms with E-state index in [0.717, 1.165) is 18.9 Å². The van der Waals surface area contributed by atoms with Gasteiger partial charge in [0.15, 0.2) is 10.8 Å². The van der Waals surface area contributed by atoms with Gasteiger partial charge in [0.1, 0.15) is 11.4 Å². The van der Waals surface area contributed by atoms with Gasteiger partial charge >= 0.3 is 5.97 Å². The molecule has 1 saturated heterocycles.